The number of hydrogen-bond acceptors (Lipinski definition) is 3. The Balaban J connectivity index is 2.36. The highest BCUT2D eigenvalue weighted by molar-refractivity contribution is 6.32. The van der Waals surface area contributed by atoms with E-state index in [1.807, 2.05) is 13.8 Å². The van der Waals surface area contributed by atoms with Gasteiger partial charge in [0.05, 0.1) is 6.20 Å². The van der Waals surface area contributed by atoms with Crippen molar-refractivity contribution in [3.8, 4) is 11.3 Å². The van der Waals surface area contributed by atoms with Gasteiger partial charge in [-0.25, -0.2) is 0 Å². The molecule has 0 saturated carbocycles. The number of benzene rings is 1. The molecular weight excluding hydrogens is 224 g/mol. The highest BCUT2D eigenvalue weighted by atomic mass is 35.5. The molecule has 3 nitrogen and oxygen atoms in total. The molecule has 2 aromatic rings. The number of anilines is 1. The summed E-state index contributed by atoms with van der Waals surface area (Å²) in [4.78, 5) is 0. The standard InChI is InChI=1S/C12H11ClN2O/c1-6-3-9-10(7(2)11(6)13)12-8(4-14-9)5-15-16-12/h3,5,14H,4H2,1-2H3. The maximum absolute atomic E-state index is 6.26. The Bertz CT molecular complexity index is 575. The van der Waals surface area contributed by atoms with E-state index in [1.54, 1.807) is 6.20 Å². The lowest BCUT2D eigenvalue weighted by molar-refractivity contribution is 0.431. The topological polar surface area (TPSA) is 38.1 Å². The van der Waals surface area contributed by atoms with Gasteiger partial charge in [0.25, 0.3) is 0 Å². The van der Waals surface area contributed by atoms with E-state index in [-0.39, 0.29) is 0 Å². The van der Waals surface area contributed by atoms with Crippen LogP contribution in [0.5, 0.6) is 0 Å². The van der Waals surface area contributed by atoms with Gasteiger partial charge >= 0.3 is 0 Å². The Morgan fingerprint density at radius 3 is 3.06 bits per heavy atom. The van der Waals surface area contributed by atoms with Crippen LogP contribution in [0.3, 0.4) is 0 Å². The Hall–Kier alpha value is -1.48. The summed E-state index contributed by atoms with van der Waals surface area (Å²) >= 11 is 6.26. The molecule has 0 saturated heterocycles. The van der Waals surface area contributed by atoms with E-state index in [9.17, 15) is 0 Å². The molecule has 82 valence electrons. The minimum Gasteiger partial charge on any atom is -0.380 e. The second-order valence-electron chi connectivity index (χ2n) is 4.09. The summed E-state index contributed by atoms with van der Waals surface area (Å²) in [5.74, 6) is 0.841. The van der Waals surface area contributed by atoms with E-state index in [0.29, 0.717) is 0 Å². The number of nitrogens with zero attached hydrogens (tertiary/aromatic N) is 1. The smallest absolute Gasteiger partial charge is 0.174 e. The summed E-state index contributed by atoms with van der Waals surface area (Å²) in [5, 5.41) is 7.99. The van der Waals surface area contributed by atoms with Crippen LogP contribution >= 0.6 is 11.6 Å². The van der Waals surface area contributed by atoms with Crippen LogP contribution in [0, 0.1) is 13.8 Å². The Morgan fingerprint density at radius 1 is 1.44 bits per heavy atom. The zero-order valence-electron chi connectivity index (χ0n) is 9.10. The lowest BCUT2D eigenvalue weighted by Crippen LogP contribution is -2.08. The number of halogens is 1. The molecule has 1 N–H and O–H groups in total. The third-order valence-corrected chi connectivity index (χ3v) is 3.60. The van der Waals surface area contributed by atoms with Gasteiger partial charge in [-0.3, -0.25) is 0 Å². The molecule has 2 heterocycles. The van der Waals surface area contributed by atoms with Gasteiger partial charge in [0.2, 0.25) is 0 Å². The SMILES string of the molecule is Cc1cc2c(c(C)c1Cl)-c1oncc1CN2. The van der Waals surface area contributed by atoms with Crippen molar-refractivity contribution >= 4 is 17.3 Å². The second kappa shape index (κ2) is 3.25. The zero-order valence-corrected chi connectivity index (χ0v) is 9.85. The molecule has 1 aromatic carbocycles. The van der Waals surface area contributed by atoms with Crippen molar-refractivity contribution in [1.29, 1.82) is 0 Å². The van der Waals surface area contributed by atoms with Crippen molar-refractivity contribution in [2.24, 2.45) is 0 Å². The van der Waals surface area contributed by atoms with E-state index in [1.165, 1.54) is 0 Å². The minimum atomic E-state index is 0.756. The molecule has 0 aliphatic carbocycles. The number of aromatic nitrogens is 1. The molecule has 4 heteroatoms. The third kappa shape index (κ3) is 1.18. The van der Waals surface area contributed by atoms with Crippen LogP contribution in [0.1, 0.15) is 16.7 Å². The fourth-order valence-corrected chi connectivity index (χ4v) is 2.32. The van der Waals surface area contributed by atoms with Crippen molar-refractivity contribution in [2.45, 2.75) is 20.4 Å². The van der Waals surface area contributed by atoms with E-state index in [0.717, 1.165) is 45.3 Å². The fraction of sp³-hybridized carbons (Fsp3) is 0.250. The molecular formula is C12H11ClN2O. The third-order valence-electron chi connectivity index (χ3n) is 3.02. The number of hydrogen-bond donors (Lipinski definition) is 1. The number of aryl methyl sites for hydroxylation is 1. The van der Waals surface area contributed by atoms with Crippen LogP contribution in [-0.2, 0) is 6.54 Å². The van der Waals surface area contributed by atoms with Crippen LogP contribution in [-0.4, -0.2) is 5.16 Å². The van der Waals surface area contributed by atoms with Crippen molar-refractivity contribution in [3.05, 3.63) is 34.0 Å². The zero-order chi connectivity index (χ0) is 11.3. The average Bonchev–Trinajstić information content (AvgIpc) is 2.73. The number of nitrogens with one attached hydrogen (secondary N) is 1. The molecule has 0 atom stereocenters. The molecule has 1 aliphatic heterocycles. The summed E-state index contributed by atoms with van der Waals surface area (Å²) < 4.78 is 5.31. The van der Waals surface area contributed by atoms with Gasteiger partial charge in [0.1, 0.15) is 0 Å². The van der Waals surface area contributed by atoms with Gasteiger partial charge in [-0.15, -0.1) is 0 Å². The van der Waals surface area contributed by atoms with Crippen LogP contribution < -0.4 is 5.32 Å². The fourth-order valence-electron chi connectivity index (χ4n) is 2.17. The molecule has 1 aliphatic rings. The molecule has 1 aromatic heterocycles. The summed E-state index contributed by atoms with van der Waals surface area (Å²) in [6.45, 7) is 4.77. The Labute approximate surface area is 98.4 Å². The van der Waals surface area contributed by atoms with E-state index < -0.39 is 0 Å². The predicted octanol–water partition coefficient (Wildman–Crippen LogP) is 3.54. The molecule has 3 rings (SSSR count). The molecule has 0 spiro atoms. The van der Waals surface area contributed by atoms with Gasteiger partial charge in [-0.1, -0.05) is 16.8 Å². The molecule has 0 fully saturated rings. The maximum Gasteiger partial charge on any atom is 0.174 e. The quantitative estimate of drug-likeness (QED) is 0.758. The molecule has 0 bridgehead atoms. The summed E-state index contributed by atoms with van der Waals surface area (Å²) in [5.41, 5.74) is 5.31. The first-order chi connectivity index (χ1) is 7.68. The van der Waals surface area contributed by atoms with Crippen molar-refractivity contribution in [3.63, 3.8) is 0 Å². The van der Waals surface area contributed by atoms with Crippen LogP contribution in [0.25, 0.3) is 11.3 Å². The monoisotopic (exact) mass is 234 g/mol. The number of fused-ring (bicyclic) bond motifs is 3. The van der Waals surface area contributed by atoms with E-state index in [2.05, 4.69) is 16.5 Å². The average molecular weight is 235 g/mol. The van der Waals surface area contributed by atoms with Gasteiger partial charge in [0, 0.05) is 28.4 Å². The van der Waals surface area contributed by atoms with Crippen molar-refractivity contribution < 1.29 is 4.52 Å². The molecule has 0 radical (unpaired) electrons. The minimum absolute atomic E-state index is 0.756. The Morgan fingerprint density at radius 2 is 2.25 bits per heavy atom. The lowest BCUT2D eigenvalue weighted by atomic mass is 9.96. The van der Waals surface area contributed by atoms with Gasteiger partial charge in [-0.05, 0) is 31.0 Å². The van der Waals surface area contributed by atoms with Crippen molar-refractivity contribution in [2.75, 3.05) is 5.32 Å². The molecule has 16 heavy (non-hydrogen) atoms. The van der Waals surface area contributed by atoms with Crippen LogP contribution in [0.2, 0.25) is 5.02 Å². The number of rotatable bonds is 0. The van der Waals surface area contributed by atoms with Crippen LogP contribution in [0.4, 0.5) is 5.69 Å². The lowest BCUT2D eigenvalue weighted by Gasteiger charge is -2.20. The van der Waals surface area contributed by atoms with E-state index in [4.69, 9.17) is 16.1 Å². The second-order valence-corrected chi connectivity index (χ2v) is 4.47. The van der Waals surface area contributed by atoms with Gasteiger partial charge in [0.15, 0.2) is 5.76 Å². The van der Waals surface area contributed by atoms with Gasteiger partial charge in [-0.2, -0.15) is 0 Å². The first-order valence-corrected chi connectivity index (χ1v) is 5.53. The van der Waals surface area contributed by atoms with Gasteiger partial charge < -0.3 is 9.84 Å². The molecule has 0 unspecified atom stereocenters. The Kier molecular flexibility index (Phi) is 1.98. The summed E-state index contributed by atoms with van der Waals surface area (Å²) in [6.07, 6.45) is 1.75. The largest absolute Gasteiger partial charge is 0.380 e. The first kappa shape index (κ1) is 9.73. The first-order valence-electron chi connectivity index (χ1n) is 5.16. The highest BCUT2D eigenvalue weighted by Gasteiger charge is 2.23. The maximum atomic E-state index is 6.26. The summed E-state index contributed by atoms with van der Waals surface area (Å²) in [7, 11) is 0. The van der Waals surface area contributed by atoms with Crippen LogP contribution in [0.15, 0.2) is 16.8 Å². The summed E-state index contributed by atoms with van der Waals surface area (Å²) in [6, 6.07) is 2.05. The van der Waals surface area contributed by atoms with E-state index >= 15 is 0 Å². The van der Waals surface area contributed by atoms with Crippen molar-refractivity contribution in [1.82, 2.24) is 5.16 Å². The molecule has 0 amide bonds. The predicted molar refractivity (Wildman–Crippen MR) is 63.7 cm³/mol. The highest BCUT2D eigenvalue weighted by Crippen LogP contribution is 2.41. The normalized spacial score (nSPS) is 12.9.